The van der Waals surface area contributed by atoms with E-state index in [0.717, 1.165) is 64.7 Å². The number of aliphatic imine (C=N–C) groups is 2. The Morgan fingerprint density at radius 2 is 1.84 bits per heavy atom. The van der Waals surface area contributed by atoms with Gasteiger partial charge in [-0.25, -0.2) is 0 Å². The molecule has 2 aliphatic rings. The zero-order chi connectivity index (χ0) is 26.5. The van der Waals surface area contributed by atoms with E-state index in [9.17, 15) is 5.26 Å². The predicted molar refractivity (Wildman–Crippen MR) is 158 cm³/mol. The number of anilines is 1. The minimum Gasteiger partial charge on any atom is -0.364 e. The second kappa shape index (κ2) is 11.1. The monoisotopic (exact) mass is 497 g/mol. The molecule has 0 spiro atoms. The molecule has 3 aromatic carbocycles. The number of nitriles is 1. The van der Waals surface area contributed by atoms with Crippen molar-refractivity contribution in [3.63, 3.8) is 0 Å². The number of aryl methyl sites for hydroxylation is 1. The van der Waals surface area contributed by atoms with Gasteiger partial charge in [-0.3, -0.25) is 9.98 Å². The molecule has 0 fully saturated rings. The van der Waals surface area contributed by atoms with Crippen molar-refractivity contribution in [2.24, 2.45) is 9.98 Å². The SMILES string of the molecule is C=C1/C=C\C=C/CN=C(c2cc(C)c3c(c2)N(CCc2ccc(-c4ccccc4C#N)cc2)CC=N3)N1C. The van der Waals surface area contributed by atoms with Crippen LogP contribution in [0, 0.1) is 18.3 Å². The lowest BCUT2D eigenvalue weighted by Gasteiger charge is -2.30. The summed E-state index contributed by atoms with van der Waals surface area (Å²) in [5.41, 5.74) is 9.23. The van der Waals surface area contributed by atoms with Crippen LogP contribution in [0.25, 0.3) is 11.1 Å². The highest BCUT2D eigenvalue weighted by Crippen LogP contribution is 2.36. The third-order valence-electron chi connectivity index (χ3n) is 7.02. The number of rotatable bonds is 5. The van der Waals surface area contributed by atoms with E-state index in [0.29, 0.717) is 12.1 Å². The summed E-state index contributed by atoms with van der Waals surface area (Å²) >= 11 is 0. The van der Waals surface area contributed by atoms with Crippen molar-refractivity contribution in [2.75, 3.05) is 31.6 Å². The van der Waals surface area contributed by atoms with Crippen LogP contribution in [0.1, 0.15) is 22.3 Å². The quantitative estimate of drug-likeness (QED) is 0.398. The van der Waals surface area contributed by atoms with Crippen molar-refractivity contribution in [1.82, 2.24) is 4.90 Å². The normalized spacial score (nSPS) is 16.6. The summed E-state index contributed by atoms with van der Waals surface area (Å²) in [6.07, 6.45) is 11.0. The van der Waals surface area contributed by atoms with Crippen LogP contribution < -0.4 is 4.90 Å². The molecule has 5 rings (SSSR count). The van der Waals surface area contributed by atoms with Gasteiger partial charge in [0.15, 0.2) is 0 Å². The fourth-order valence-corrected chi connectivity index (χ4v) is 4.87. The molecule has 0 aliphatic carbocycles. The van der Waals surface area contributed by atoms with Gasteiger partial charge in [0.25, 0.3) is 0 Å². The van der Waals surface area contributed by atoms with E-state index in [1.807, 2.05) is 60.7 Å². The smallest absolute Gasteiger partial charge is 0.135 e. The molecule has 3 aromatic rings. The van der Waals surface area contributed by atoms with Crippen LogP contribution in [-0.4, -0.2) is 43.6 Å². The molecule has 0 bridgehead atoms. The first-order valence-electron chi connectivity index (χ1n) is 12.9. The highest BCUT2D eigenvalue weighted by Gasteiger charge is 2.21. The maximum absolute atomic E-state index is 9.45. The largest absolute Gasteiger partial charge is 0.364 e. The summed E-state index contributed by atoms with van der Waals surface area (Å²) < 4.78 is 0. The number of fused-ring (bicyclic) bond motifs is 1. The molecule has 5 nitrogen and oxygen atoms in total. The van der Waals surface area contributed by atoms with E-state index >= 15 is 0 Å². The van der Waals surface area contributed by atoms with E-state index < -0.39 is 0 Å². The molecule has 188 valence electrons. The summed E-state index contributed by atoms with van der Waals surface area (Å²) in [6.45, 7) is 8.58. The Bertz CT molecular complexity index is 1520. The fourth-order valence-electron chi connectivity index (χ4n) is 4.87. The molecule has 2 heterocycles. The Labute approximate surface area is 225 Å². The van der Waals surface area contributed by atoms with Crippen LogP contribution in [0.4, 0.5) is 11.4 Å². The van der Waals surface area contributed by atoms with Crippen molar-refractivity contribution in [2.45, 2.75) is 13.3 Å². The molecule has 5 heteroatoms. The van der Waals surface area contributed by atoms with Gasteiger partial charge >= 0.3 is 0 Å². The zero-order valence-corrected chi connectivity index (χ0v) is 21.9. The van der Waals surface area contributed by atoms with Crippen molar-refractivity contribution in [3.05, 3.63) is 119 Å². The summed E-state index contributed by atoms with van der Waals surface area (Å²) in [5, 5.41) is 9.45. The van der Waals surface area contributed by atoms with Crippen LogP contribution in [0.5, 0.6) is 0 Å². The predicted octanol–water partition coefficient (Wildman–Crippen LogP) is 6.62. The minimum atomic E-state index is 0.615. The van der Waals surface area contributed by atoms with Crippen molar-refractivity contribution in [3.8, 4) is 17.2 Å². The molecule has 0 saturated heterocycles. The Kier molecular flexibility index (Phi) is 7.33. The average molecular weight is 498 g/mol. The molecular weight excluding hydrogens is 466 g/mol. The van der Waals surface area contributed by atoms with Crippen molar-refractivity contribution >= 4 is 23.4 Å². The Hall–Kier alpha value is -4.69. The standard InChI is InChI=1S/C33H31N5/c1-24-21-29(33-36-17-8-4-5-9-25(2)37(33)3)22-31-32(24)35-18-20-38(31)19-16-26-12-14-27(15-13-26)30-11-7-6-10-28(30)23-34/h4-15,18,21-22H,2,16-17,19-20H2,1,3H3/b8-4-,9-5-,36-33?. The number of benzene rings is 3. The molecule has 0 N–H and O–H groups in total. The van der Waals surface area contributed by atoms with E-state index in [1.54, 1.807) is 0 Å². The third kappa shape index (κ3) is 5.21. The molecule has 0 aromatic heterocycles. The number of allylic oxidation sites excluding steroid dienone is 3. The molecule has 2 aliphatic heterocycles. The molecule has 0 amide bonds. The number of hydrogen-bond acceptors (Lipinski definition) is 5. The van der Waals surface area contributed by atoms with E-state index in [4.69, 9.17) is 9.98 Å². The van der Waals surface area contributed by atoms with Crippen molar-refractivity contribution in [1.29, 1.82) is 5.26 Å². The topological polar surface area (TPSA) is 55.0 Å². The summed E-state index contributed by atoms with van der Waals surface area (Å²) in [7, 11) is 2.01. The van der Waals surface area contributed by atoms with Crippen LogP contribution >= 0.6 is 0 Å². The maximum Gasteiger partial charge on any atom is 0.135 e. The van der Waals surface area contributed by atoms with Gasteiger partial charge in [0, 0.05) is 31.1 Å². The summed E-state index contributed by atoms with van der Waals surface area (Å²) in [4.78, 5) is 14.1. The highest BCUT2D eigenvalue weighted by molar-refractivity contribution is 6.02. The van der Waals surface area contributed by atoms with Crippen LogP contribution in [0.3, 0.4) is 0 Å². The van der Waals surface area contributed by atoms with Gasteiger partial charge in [-0.1, -0.05) is 67.3 Å². The number of hydrogen-bond donors (Lipinski definition) is 0. The van der Waals surface area contributed by atoms with Gasteiger partial charge in [0.05, 0.1) is 36.1 Å². The lowest BCUT2D eigenvalue weighted by Crippen LogP contribution is -2.31. The first-order valence-corrected chi connectivity index (χ1v) is 12.9. The summed E-state index contributed by atoms with van der Waals surface area (Å²) in [5.74, 6) is 0.903. The third-order valence-corrected chi connectivity index (χ3v) is 7.02. The van der Waals surface area contributed by atoms with Crippen molar-refractivity contribution < 1.29 is 0 Å². The van der Waals surface area contributed by atoms with E-state index in [2.05, 4.69) is 66.9 Å². The lowest BCUT2D eigenvalue weighted by molar-refractivity contribution is 0.649. The Morgan fingerprint density at radius 1 is 1.03 bits per heavy atom. The highest BCUT2D eigenvalue weighted by atomic mass is 15.2. The van der Waals surface area contributed by atoms with E-state index in [1.165, 1.54) is 5.56 Å². The lowest BCUT2D eigenvalue weighted by atomic mass is 9.98. The number of nitrogens with zero attached hydrogens (tertiary/aromatic N) is 5. The second-order valence-electron chi connectivity index (χ2n) is 9.52. The first-order chi connectivity index (χ1) is 18.5. The van der Waals surface area contributed by atoms with Crippen LogP contribution in [0.2, 0.25) is 0 Å². The minimum absolute atomic E-state index is 0.615. The van der Waals surface area contributed by atoms with Gasteiger partial charge < -0.3 is 9.80 Å². The van der Waals surface area contributed by atoms with Gasteiger partial charge in [0.1, 0.15) is 5.84 Å². The van der Waals surface area contributed by atoms with Crippen LogP contribution in [-0.2, 0) is 6.42 Å². The Morgan fingerprint density at radius 3 is 2.66 bits per heavy atom. The zero-order valence-electron chi connectivity index (χ0n) is 21.9. The molecule has 0 unspecified atom stereocenters. The van der Waals surface area contributed by atoms with Gasteiger partial charge in [0.2, 0.25) is 0 Å². The Balaban J connectivity index is 1.38. The molecule has 38 heavy (non-hydrogen) atoms. The molecular formula is C33H31N5. The fraction of sp³-hybridized carbons (Fsp3) is 0.182. The van der Waals surface area contributed by atoms with Gasteiger partial charge in [-0.05, 0) is 59.9 Å². The molecule has 0 radical (unpaired) electrons. The summed E-state index contributed by atoms with van der Waals surface area (Å²) in [6, 6.07) is 23.0. The van der Waals surface area contributed by atoms with Crippen LogP contribution in [0.15, 0.2) is 107 Å². The van der Waals surface area contributed by atoms with E-state index in [-0.39, 0.29) is 0 Å². The maximum atomic E-state index is 9.45. The first kappa shape index (κ1) is 25.0. The van der Waals surface area contributed by atoms with Gasteiger partial charge in [-0.15, -0.1) is 0 Å². The number of amidine groups is 1. The van der Waals surface area contributed by atoms with Gasteiger partial charge in [-0.2, -0.15) is 5.26 Å². The molecule has 0 saturated carbocycles. The second-order valence-corrected chi connectivity index (χ2v) is 9.52. The average Bonchev–Trinajstić information content (AvgIpc) is 3.03. The number of likely N-dealkylation sites (N-methyl/N-ethyl adjacent to an activating group) is 1. The molecule has 0 atom stereocenters.